The monoisotopic (exact) mass is 416 g/mol. The highest BCUT2D eigenvalue weighted by Gasteiger charge is 2.28. The lowest BCUT2D eigenvalue weighted by molar-refractivity contribution is -0.138. The van der Waals surface area contributed by atoms with Crippen LogP contribution in [0.3, 0.4) is 0 Å². The molecular weight excluding hydrogens is 383 g/mol. The lowest BCUT2D eigenvalue weighted by Gasteiger charge is -2.20. The number of ether oxygens (including phenoxy) is 1. The molecule has 1 aromatic heterocycles. The Hall–Kier alpha value is -1.04. The number of imidazole rings is 1. The zero-order chi connectivity index (χ0) is 20.3. The first-order chi connectivity index (χ1) is 12.8. The van der Waals surface area contributed by atoms with Gasteiger partial charge in [0.05, 0.1) is 19.4 Å². The van der Waals surface area contributed by atoms with E-state index in [0.29, 0.717) is 24.9 Å². The van der Waals surface area contributed by atoms with Crippen LogP contribution >= 0.6 is 19.1 Å². The average molecular weight is 417 g/mol. The molecule has 0 bridgehead atoms. The van der Waals surface area contributed by atoms with Gasteiger partial charge in [-0.15, -0.1) is 0 Å². The van der Waals surface area contributed by atoms with Gasteiger partial charge in [-0.3, -0.25) is 4.57 Å². The zero-order valence-corrected chi connectivity index (χ0v) is 18.9. The van der Waals surface area contributed by atoms with Crippen molar-refractivity contribution >= 4 is 25.1 Å². The molecule has 0 fully saturated rings. The quantitative estimate of drug-likeness (QED) is 0.152. The summed E-state index contributed by atoms with van der Waals surface area (Å²) in [7, 11) is -0.932. The second-order valence-corrected chi connectivity index (χ2v) is 10.4. The molecule has 0 aliphatic rings. The minimum atomic E-state index is -2.90. The molecule has 1 atom stereocenters. The summed E-state index contributed by atoms with van der Waals surface area (Å²) in [5.41, 5.74) is 0.469. The van der Waals surface area contributed by atoms with Gasteiger partial charge >= 0.3 is 5.97 Å². The van der Waals surface area contributed by atoms with Gasteiger partial charge < -0.3 is 13.8 Å². The molecule has 1 aromatic rings. The fraction of sp³-hybridized carbons (Fsp3) is 0.684. The zero-order valence-electron chi connectivity index (χ0n) is 17.1. The third-order valence-electron chi connectivity index (χ3n) is 3.70. The van der Waals surface area contributed by atoms with Gasteiger partial charge in [0.2, 0.25) is 7.37 Å². The van der Waals surface area contributed by atoms with Crippen molar-refractivity contribution in [3.8, 4) is 0 Å². The summed E-state index contributed by atoms with van der Waals surface area (Å²) in [4.78, 5) is 16.6. The lowest BCUT2D eigenvalue weighted by atomic mass is 10.2. The van der Waals surface area contributed by atoms with E-state index in [9.17, 15) is 9.36 Å². The van der Waals surface area contributed by atoms with Crippen molar-refractivity contribution in [2.75, 3.05) is 31.3 Å². The van der Waals surface area contributed by atoms with E-state index in [4.69, 9.17) is 9.26 Å². The van der Waals surface area contributed by atoms with Crippen molar-refractivity contribution in [2.24, 2.45) is 13.0 Å². The van der Waals surface area contributed by atoms with Crippen LogP contribution in [-0.2, 0) is 25.7 Å². The van der Waals surface area contributed by atoms with Gasteiger partial charge in [0.1, 0.15) is 0 Å². The van der Waals surface area contributed by atoms with Crippen LogP contribution in [0, 0.1) is 5.92 Å². The second kappa shape index (κ2) is 12.4. The van der Waals surface area contributed by atoms with Crippen LogP contribution < -0.4 is 0 Å². The molecule has 0 radical (unpaired) electrons. The Balaban J connectivity index is 2.71. The van der Waals surface area contributed by atoms with Crippen LogP contribution in [0.1, 0.15) is 40.5 Å². The maximum absolute atomic E-state index is 13.1. The van der Waals surface area contributed by atoms with Crippen LogP contribution in [0.5, 0.6) is 0 Å². The van der Waals surface area contributed by atoms with Gasteiger partial charge in [-0.1, -0.05) is 31.7 Å². The minimum absolute atomic E-state index is 0.143. The predicted octanol–water partition coefficient (Wildman–Crippen LogP) is 4.75. The summed E-state index contributed by atoms with van der Waals surface area (Å²) in [6, 6.07) is 0. The molecular formula is C19H33N2O4PS. The predicted molar refractivity (Wildman–Crippen MR) is 112 cm³/mol. The fourth-order valence-corrected chi connectivity index (χ4v) is 6.24. The van der Waals surface area contributed by atoms with E-state index in [2.05, 4.69) is 4.98 Å². The van der Waals surface area contributed by atoms with Gasteiger partial charge in [-0.25, -0.2) is 9.78 Å². The Morgan fingerprint density at radius 3 is 2.67 bits per heavy atom. The van der Waals surface area contributed by atoms with Crippen LogP contribution in [0.4, 0.5) is 0 Å². The molecule has 1 unspecified atom stereocenters. The van der Waals surface area contributed by atoms with Crippen LogP contribution in [0.25, 0.3) is 0 Å². The van der Waals surface area contributed by atoms with E-state index >= 15 is 0 Å². The first-order valence-corrected chi connectivity index (χ1v) is 12.5. The molecule has 0 spiro atoms. The molecule has 0 aliphatic heterocycles. The highest BCUT2D eigenvalue weighted by Crippen LogP contribution is 2.50. The number of carbonyl (C=O) groups is 1. The first-order valence-electron chi connectivity index (χ1n) is 9.50. The summed E-state index contributed by atoms with van der Waals surface area (Å²) in [5.74, 6) is 0.741. The number of rotatable bonds is 13. The van der Waals surface area contributed by atoms with Crippen molar-refractivity contribution < 1.29 is 18.6 Å². The summed E-state index contributed by atoms with van der Waals surface area (Å²) >= 11 is 1.68. The summed E-state index contributed by atoms with van der Waals surface area (Å²) < 4.78 is 25.9. The van der Waals surface area contributed by atoms with Crippen molar-refractivity contribution in [1.29, 1.82) is 0 Å². The van der Waals surface area contributed by atoms with Crippen LogP contribution in [0.2, 0.25) is 0 Å². The summed E-state index contributed by atoms with van der Waals surface area (Å²) in [6.45, 7) is 8.29. The third-order valence-corrected chi connectivity index (χ3v) is 7.69. The standard InChI is InChI=1S/C19H33N2O4PS/c1-6-24-18(22)17(15-26(23,25-7-2)14-16(3)4)10-8-9-13-27-19-20-11-12-21(19)5/h10-12,16H,6-9,13-15H2,1-5H3. The summed E-state index contributed by atoms with van der Waals surface area (Å²) in [6.07, 6.45) is 7.78. The maximum Gasteiger partial charge on any atom is 0.334 e. The maximum atomic E-state index is 13.1. The number of aryl methyl sites for hydroxylation is 1. The van der Waals surface area contributed by atoms with E-state index in [1.807, 2.05) is 44.7 Å². The molecule has 0 aromatic carbocycles. The van der Waals surface area contributed by atoms with Crippen LogP contribution in [-0.4, -0.2) is 46.8 Å². The lowest BCUT2D eigenvalue weighted by Crippen LogP contribution is -2.14. The molecule has 0 saturated heterocycles. The van der Waals surface area contributed by atoms with E-state index < -0.39 is 13.3 Å². The molecule has 27 heavy (non-hydrogen) atoms. The van der Waals surface area contributed by atoms with E-state index in [-0.39, 0.29) is 12.1 Å². The number of hydrogen-bond acceptors (Lipinski definition) is 6. The van der Waals surface area contributed by atoms with Gasteiger partial charge in [0.25, 0.3) is 0 Å². The Morgan fingerprint density at radius 2 is 2.11 bits per heavy atom. The van der Waals surface area contributed by atoms with E-state index in [1.54, 1.807) is 24.9 Å². The number of esters is 1. The highest BCUT2D eigenvalue weighted by atomic mass is 32.2. The molecule has 6 nitrogen and oxygen atoms in total. The smallest absolute Gasteiger partial charge is 0.334 e. The minimum Gasteiger partial charge on any atom is -0.463 e. The van der Waals surface area contributed by atoms with Crippen molar-refractivity contribution in [1.82, 2.24) is 9.55 Å². The van der Waals surface area contributed by atoms with Gasteiger partial charge in [-0.2, -0.15) is 0 Å². The first kappa shape index (κ1) is 24.0. The molecule has 0 saturated carbocycles. The highest BCUT2D eigenvalue weighted by molar-refractivity contribution is 7.99. The third kappa shape index (κ3) is 9.13. The normalized spacial score (nSPS) is 14.4. The van der Waals surface area contributed by atoms with Crippen LogP contribution in [0.15, 0.2) is 29.2 Å². The number of hydrogen-bond donors (Lipinski definition) is 0. The van der Waals surface area contributed by atoms with E-state index in [1.165, 1.54) is 0 Å². The number of aromatic nitrogens is 2. The number of allylic oxidation sites excluding steroid dienone is 1. The molecule has 8 heteroatoms. The Labute approximate surface area is 167 Å². The summed E-state index contributed by atoms with van der Waals surface area (Å²) in [5, 5.41) is 0.974. The molecule has 154 valence electrons. The van der Waals surface area contributed by atoms with Crippen molar-refractivity contribution in [3.63, 3.8) is 0 Å². The number of carbonyl (C=O) groups excluding carboxylic acids is 1. The van der Waals surface area contributed by atoms with Gasteiger partial charge in [0, 0.05) is 36.9 Å². The largest absolute Gasteiger partial charge is 0.463 e. The van der Waals surface area contributed by atoms with Crippen molar-refractivity contribution in [2.45, 2.75) is 45.7 Å². The molecule has 1 heterocycles. The molecule has 1 rings (SSSR count). The molecule has 0 amide bonds. The molecule has 0 N–H and O–H groups in total. The Bertz CT molecular complexity index is 658. The number of nitrogens with zero attached hydrogens (tertiary/aromatic N) is 2. The van der Waals surface area contributed by atoms with Gasteiger partial charge in [0.15, 0.2) is 5.16 Å². The molecule has 0 aliphatic carbocycles. The van der Waals surface area contributed by atoms with Gasteiger partial charge in [-0.05, 0) is 32.6 Å². The SMILES string of the molecule is CCOC(=O)C(=CCCCSc1nccn1C)CP(=O)(CC(C)C)OCC. The second-order valence-electron chi connectivity index (χ2n) is 6.73. The number of thioether (sulfide) groups is 1. The van der Waals surface area contributed by atoms with E-state index in [0.717, 1.165) is 23.8 Å². The average Bonchev–Trinajstić information content (AvgIpc) is 2.98. The topological polar surface area (TPSA) is 70.4 Å². The Kier molecular flexibility index (Phi) is 11.0. The fourth-order valence-electron chi connectivity index (χ4n) is 2.66. The number of unbranched alkanes of at least 4 members (excludes halogenated alkanes) is 1. The van der Waals surface area contributed by atoms with Crippen molar-refractivity contribution in [3.05, 3.63) is 24.0 Å². The Morgan fingerprint density at radius 1 is 1.37 bits per heavy atom.